The first-order chi connectivity index (χ1) is 10.1. The van der Waals surface area contributed by atoms with Crippen molar-refractivity contribution in [3.63, 3.8) is 0 Å². The zero-order valence-corrected chi connectivity index (χ0v) is 12.9. The van der Waals surface area contributed by atoms with Crippen molar-refractivity contribution in [2.45, 2.75) is 19.4 Å². The molecule has 0 saturated carbocycles. The number of benzene rings is 1. The Balaban J connectivity index is 1.70. The van der Waals surface area contributed by atoms with E-state index in [9.17, 15) is 8.42 Å². The molecule has 0 fully saturated rings. The Morgan fingerprint density at radius 1 is 1.19 bits per heavy atom. The number of hydrogen-bond donors (Lipinski definition) is 3. The predicted octanol–water partition coefficient (Wildman–Crippen LogP) is 1.62. The van der Waals surface area contributed by atoms with Gasteiger partial charge in [-0.25, -0.2) is 9.71 Å². The van der Waals surface area contributed by atoms with Crippen molar-refractivity contribution in [1.29, 1.82) is 0 Å². The van der Waals surface area contributed by atoms with Gasteiger partial charge < -0.3 is 4.98 Å². The largest absolute Gasteiger partial charge is 0.348 e. The molecule has 0 unspecified atom stereocenters. The Morgan fingerprint density at radius 3 is 2.62 bits per heavy atom. The number of rotatable bonds is 8. The molecule has 1 aromatic heterocycles. The van der Waals surface area contributed by atoms with E-state index in [4.69, 9.17) is 11.6 Å². The molecular formula is C13H17ClN4O2S. The summed E-state index contributed by atoms with van der Waals surface area (Å²) >= 11 is 5.77. The molecule has 6 nitrogen and oxygen atoms in total. The van der Waals surface area contributed by atoms with Crippen LogP contribution in [0.1, 0.15) is 17.7 Å². The molecule has 3 N–H and O–H groups in total. The van der Waals surface area contributed by atoms with Gasteiger partial charge in [0.2, 0.25) is 0 Å². The summed E-state index contributed by atoms with van der Waals surface area (Å²) in [6, 6.07) is 7.01. The van der Waals surface area contributed by atoms with E-state index < -0.39 is 10.2 Å². The minimum atomic E-state index is -3.49. The van der Waals surface area contributed by atoms with Gasteiger partial charge in [0.15, 0.2) is 0 Å². The van der Waals surface area contributed by atoms with Crippen LogP contribution in [0.25, 0.3) is 0 Å². The predicted molar refractivity (Wildman–Crippen MR) is 82.1 cm³/mol. The maximum absolute atomic E-state index is 11.8. The van der Waals surface area contributed by atoms with E-state index in [0.717, 1.165) is 17.7 Å². The summed E-state index contributed by atoms with van der Waals surface area (Å²) in [6.45, 7) is 0.599. The molecule has 0 aliphatic carbocycles. The van der Waals surface area contributed by atoms with E-state index >= 15 is 0 Å². The van der Waals surface area contributed by atoms with Crippen molar-refractivity contribution in [3.05, 3.63) is 53.1 Å². The second-order valence-corrected chi connectivity index (χ2v) is 6.55. The summed E-state index contributed by atoms with van der Waals surface area (Å²) in [4.78, 5) is 6.87. The number of aromatic amines is 1. The molecular weight excluding hydrogens is 312 g/mol. The van der Waals surface area contributed by atoms with Crippen LogP contribution in [0.4, 0.5) is 0 Å². The van der Waals surface area contributed by atoms with E-state index in [0.29, 0.717) is 18.0 Å². The third kappa shape index (κ3) is 5.84. The van der Waals surface area contributed by atoms with Crippen molar-refractivity contribution >= 4 is 21.8 Å². The topological polar surface area (TPSA) is 86.9 Å². The summed E-state index contributed by atoms with van der Waals surface area (Å²) in [6.07, 6.45) is 4.78. The van der Waals surface area contributed by atoms with Crippen LogP contribution in [0.15, 0.2) is 36.8 Å². The Morgan fingerprint density at radius 2 is 1.95 bits per heavy atom. The number of hydrogen-bond acceptors (Lipinski definition) is 3. The SMILES string of the molecule is O=S(=O)(NCCCc1cnc[nH]1)NCc1ccc(Cl)cc1. The maximum Gasteiger partial charge on any atom is 0.277 e. The van der Waals surface area contributed by atoms with Crippen LogP contribution in [0.5, 0.6) is 0 Å². The second-order valence-electron chi connectivity index (χ2n) is 4.53. The van der Waals surface area contributed by atoms with Gasteiger partial charge in [-0.2, -0.15) is 13.1 Å². The highest BCUT2D eigenvalue weighted by Crippen LogP contribution is 2.09. The van der Waals surface area contributed by atoms with Crippen LogP contribution in [-0.4, -0.2) is 24.9 Å². The first kappa shape index (κ1) is 16.0. The molecule has 0 aliphatic rings. The average Bonchev–Trinajstić information content (AvgIpc) is 2.96. The first-order valence-corrected chi connectivity index (χ1v) is 8.37. The van der Waals surface area contributed by atoms with Crippen molar-refractivity contribution in [1.82, 2.24) is 19.4 Å². The van der Waals surface area contributed by atoms with Gasteiger partial charge in [-0.05, 0) is 30.5 Å². The zero-order chi connectivity index (χ0) is 15.1. The number of imidazole rings is 1. The van der Waals surface area contributed by atoms with Crippen molar-refractivity contribution in [2.75, 3.05) is 6.54 Å². The quantitative estimate of drug-likeness (QED) is 0.643. The monoisotopic (exact) mass is 328 g/mol. The second kappa shape index (κ2) is 7.56. The molecule has 8 heteroatoms. The molecule has 0 aliphatic heterocycles. The highest BCUT2D eigenvalue weighted by molar-refractivity contribution is 7.87. The Bertz CT molecular complexity index is 641. The first-order valence-electron chi connectivity index (χ1n) is 6.51. The molecule has 2 aromatic rings. The van der Waals surface area contributed by atoms with Crippen LogP contribution in [0.3, 0.4) is 0 Å². The van der Waals surface area contributed by atoms with Gasteiger partial charge in [-0.15, -0.1) is 0 Å². The molecule has 1 heterocycles. The fraction of sp³-hybridized carbons (Fsp3) is 0.308. The standard InChI is InChI=1S/C13H17ClN4O2S/c14-12-5-3-11(4-6-12)8-18-21(19,20)17-7-1-2-13-9-15-10-16-13/h3-6,9-10,17-18H,1-2,7-8H2,(H,15,16). The van der Waals surface area contributed by atoms with Gasteiger partial charge in [-0.1, -0.05) is 23.7 Å². The molecule has 0 saturated heterocycles. The van der Waals surface area contributed by atoms with E-state index in [2.05, 4.69) is 19.4 Å². The van der Waals surface area contributed by atoms with Crippen LogP contribution in [-0.2, 0) is 23.2 Å². The van der Waals surface area contributed by atoms with Crippen molar-refractivity contribution < 1.29 is 8.42 Å². The normalized spacial score (nSPS) is 11.7. The van der Waals surface area contributed by atoms with Gasteiger partial charge in [0.25, 0.3) is 10.2 Å². The molecule has 21 heavy (non-hydrogen) atoms. The fourth-order valence-corrected chi connectivity index (χ4v) is 2.74. The lowest BCUT2D eigenvalue weighted by atomic mass is 10.2. The zero-order valence-electron chi connectivity index (χ0n) is 11.3. The minimum absolute atomic E-state index is 0.229. The van der Waals surface area contributed by atoms with Crippen LogP contribution in [0.2, 0.25) is 5.02 Å². The third-order valence-corrected chi connectivity index (χ3v) is 4.21. The van der Waals surface area contributed by atoms with E-state index in [-0.39, 0.29) is 6.54 Å². The molecule has 0 bridgehead atoms. The van der Waals surface area contributed by atoms with E-state index in [1.807, 2.05) is 0 Å². The number of aryl methyl sites for hydroxylation is 1. The molecule has 0 atom stereocenters. The van der Waals surface area contributed by atoms with Crippen LogP contribution < -0.4 is 9.44 Å². The Kier molecular flexibility index (Phi) is 5.75. The van der Waals surface area contributed by atoms with Gasteiger partial charge in [-0.3, -0.25) is 0 Å². The van der Waals surface area contributed by atoms with Crippen molar-refractivity contribution in [2.24, 2.45) is 0 Å². The van der Waals surface area contributed by atoms with Gasteiger partial charge in [0.1, 0.15) is 0 Å². The number of nitrogens with one attached hydrogen (secondary N) is 3. The van der Waals surface area contributed by atoms with E-state index in [1.54, 1.807) is 36.8 Å². The summed E-state index contributed by atoms with van der Waals surface area (Å²) in [5.74, 6) is 0. The molecule has 0 amide bonds. The average molecular weight is 329 g/mol. The molecule has 0 radical (unpaired) electrons. The van der Waals surface area contributed by atoms with Crippen molar-refractivity contribution in [3.8, 4) is 0 Å². The number of halogens is 1. The van der Waals surface area contributed by atoms with Crippen LogP contribution >= 0.6 is 11.6 Å². The van der Waals surface area contributed by atoms with Gasteiger partial charge in [0, 0.05) is 30.0 Å². The minimum Gasteiger partial charge on any atom is -0.348 e. The Hall–Kier alpha value is -1.41. The number of nitrogens with zero attached hydrogens (tertiary/aromatic N) is 1. The molecule has 2 rings (SSSR count). The summed E-state index contributed by atoms with van der Waals surface area (Å²) in [7, 11) is -3.49. The molecule has 114 valence electrons. The van der Waals surface area contributed by atoms with Crippen LogP contribution in [0, 0.1) is 0 Å². The fourth-order valence-electron chi connectivity index (χ4n) is 1.74. The summed E-state index contributed by atoms with van der Waals surface area (Å²) < 4.78 is 28.5. The van der Waals surface area contributed by atoms with Gasteiger partial charge in [0.05, 0.1) is 6.33 Å². The molecule has 0 spiro atoms. The number of H-pyrrole nitrogens is 1. The lowest BCUT2D eigenvalue weighted by Crippen LogP contribution is -2.36. The Labute approximate surface area is 129 Å². The summed E-state index contributed by atoms with van der Waals surface area (Å²) in [5.41, 5.74) is 1.84. The smallest absolute Gasteiger partial charge is 0.277 e. The van der Waals surface area contributed by atoms with E-state index in [1.165, 1.54) is 0 Å². The molecule has 1 aromatic carbocycles. The lowest BCUT2D eigenvalue weighted by molar-refractivity contribution is 0.563. The van der Waals surface area contributed by atoms with Gasteiger partial charge >= 0.3 is 0 Å². The highest BCUT2D eigenvalue weighted by atomic mass is 35.5. The lowest BCUT2D eigenvalue weighted by Gasteiger charge is -2.08. The highest BCUT2D eigenvalue weighted by Gasteiger charge is 2.08. The number of aromatic nitrogens is 2. The summed E-state index contributed by atoms with van der Waals surface area (Å²) in [5, 5.41) is 0.624. The third-order valence-electron chi connectivity index (χ3n) is 2.85. The maximum atomic E-state index is 11.8.